The molecule has 0 saturated carbocycles. The van der Waals surface area contributed by atoms with E-state index >= 15 is 0 Å². The SMILES string of the molecule is CCCCCSCc1cc(C(C)(C)CC)sc1C(C)C. The van der Waals surface area contributed by atoms with Crippen LogP contribution in [0.5, 0.6) is 0 Å². The Morgan fingerprint density at radius 1 is 1.20 bits per heavy atom. The summed E-state index contributed by atoms with van der Waals surface area (Å²) in [7, 11) is 0. The third-order valence-corrected chi connectivity index (χ3v) is 7.00. The summed E-state index contributed by atoms with van der Waals surface area (Å²) in [5.74, 6) is 3.17. The van der Waals surface area contributed by atoms with Gasteiger partial charge in [0.05, 0.1) is 0 Å². The second-order valence-electron chi connectivity index (χ2n) is 6.65. The first-order valence-corrected chi connectivity index (χ1v) is 10.1. The minimum absolute atomic E-state index is 0.333. The van der Waals surface area contributed by atoms with Gasteiger partial charge in [-0.05, 0) is 41.6 Å². The van der Waals surface area contributed by atoms with E-state index in [1.54, 1.807) is 15.3 Å². The van der Waals surface area contributed by atoms with Gasteiger partial charge in [0.2, 0.25) is 0 Å². The highest BCUT2D eigenvalue weighted by atomic mass is 32.2. The van der Waals surface area contributed by atoms with Gasteiger partial charge in [-0.2, -0.15) is 11.8 Å². The number of thiophene rings is 1. The molecule has 0 saturated heterocycles. The highest BCUT2D eigenvalue weighted by Gasteiger charge is 2.23. The average Bonchev–Trinajstić information content (AvgIpc) is 2.83. The lowest BCUT2D eigenvalue weighted by molar-refractivity contribution is 0.517. The van der Waals surface area contributed by atoms with Gasteiger partial charge in [0.1, 0.15) is 0 Å². The first-order valence-electron chi connectivity index (χ1n) is 8.13. The van der Waals surface area contributed by atoms with Crippen molar-refractivity contribution in [2.24, 2.45) is 0 Å². The zero-order valence-electron chi connectivity index (χ0n) is 14.2. The van der Waals surface area contributed by atoms with Gasteiger partial charge < -0.3 is 0 Å². The largest absolute Gasteiger partial charge is 0.157 e. The third-order valence-electron chi connectivity index (χ3n) is 4.07. The molecule has 0 aliphatic rings. The molecule has 2 heteroatoms. The van der Waals surface area contributed by atoms with E-state index in [1.165, 1.54) is 37.2 Å². The Labute approximate surface area is 134 Å². The van der Waals surface area contributed by atoms with Gasteiger partial charge in [0, 0.05) is 15.5 Å². The van der Waals surface area contributed by atoms with Gasteiger partial charge in [0.15, 0.2) is 0 Å². The number of hydrogen-bond acceptors (Lipinski definition) is 2. The molecule has 0 amide bonds. The molecule has 0 radical (unpaired) electrons. The Bertz CT molecular complexity index is 388. The fourth-order valence-electron chi connectivity index (χ4n) is 2.19. The molecule has 1 rings (SSSR count). The van der Waals surface area contributed by atoms with Crippen LogP contribution in [0.25, 0.3) is 0 Å². The molecule has 1 heterocycles. The van der Waals surface area contributed by atoms with Crippen molar-refractivity contribution in [3.05, 3.63) is 21.4 Å². The van der Waals surface area contributed by atoms with Crippen molar-refractivity contribution in [2.45, 2.75) is 84.3 Å². The normalized spacial score (nSPS) is 12.3. The summed E-state index contributed by atoms with van der Waals surface area (Å²) < 4.78 is 0. The highest BCUT2D eigenvalue weighted by molar-refractivity contribution is 7.98. The number of hydrogen-bond donors (Lipinski definition) is 0. The van der Waals surface area contributed by atoms with Gasteiger partial charge >= 0.3 is 0 Å². The van der Waals surface area contributed by atoms with Crippen molar-refractivity contribution in [2.75, 3.05) is 5.75 Å². The van der Waals surface area contributed by atoms with Gasteiger partial charge in [-0.1, -0.05) is 54.4 Å². The Kier molecular flexibility index (Phi) is 7.68. The fraction of sp³-hybridized carbons (Fsp3) is 0.778. The van der Waals surface area contributed by atoms with Crippen LogP contribution in [0.4, 0.5) is 0 Å². The maximum absolute atomic E-state index is 2.50. The van der Waals surface area contributed by atoms with Gasteiger partial charge in [-0.15, -0.1) is 11.3 Å². The van der Waals surface area contributed by atoms with Crippen LogP contribution >= 0.6 is 23.1 Å². The van der Waals surface area contributed by atoms with Crippen LogP contribution in [0.2, 0.25) is 0 Å². The molecule has 20 heavy (non-hydrogen) atoms. The smallest absolute Gasteiger partial charge is 0.0195 e. The second kappa shape index (κ2) is 8.48. The summed E-state index contributed by atoms with van der Waals surface area (Å²) in [4.78, 5) is 3.19. The van der Waals surface area contributed by atoms with Crippen LogP contribution in [0.1, 0.15) is 88.5 Å². The molecule has 0 bridgehead atoms. The van der Waals surface area contributed by atoms with Crippen molar-refractivity contribution in [3.63, 3.8) is 0 Å². The van der Waals surface area contributed by atoms with E-state index in [2.05, 4.69) is 70.7 Å². The summed E-state index contributed by atoms with van der Waals surface area (Å²) in [6.45, 7) is 14.0. The number of rotatable bonds is 9. The summed E-state index contributed by atoms with van der Waals surface area (Å²) in [5.41, 5.74) is 1.93. The van der Waals surface area contributed by atoms with Gasteiger partial charge in [-0.3, -0.25) is 0 Å². The molecule has 0 unspecified atom stereocenters. The molecule has 1 aromatic heterocycles. The molecule has 1 aromatic rings. The van der Waals surface area contributed by atoms with E-state index in [0.717, 1.165) is 0 Å². The molecule has 0 fully saturated rings. The number of unbranched alkanes of at least 4 members (excludes halogenated alkanes) is 2. The standard InChI is InChI=1S/C18H32S2/c1-7-9-10-11-19-13-15-12-16(18(5,6)8-2)20-17(15)14(3)4/h12,14H,7-11,13H2,1-6H3. The first-order chi connectivity index (χ1) is 9.42. The second-order valence-corrected chi connectivity index (χ2v) is 8.84. The Hall–Kier alpha value is 0.0500. The molecule has 116 valence electrons. The van der Waals surface area contributed by atoms with Crippen LogP contribution in [-0.4, -0.2) is 5.75 Å². The van der Waals surface area contributed by atoms with Crippen molar-refractivity contribution in [1.82, 2.24) is 0 Å². The monoisotopic (exact) mass is 312 g/mol. The van der Waals surface area contributed by atoms with Crippen LogP contribution in [0.15, 0.2) is 6.07 Å². The Morgan fingerprint density at radius 3 is 2.45 bits per heavy atom. The van der Waals surface area contributed by atoms with E-state index in [1.807, 2.05) is 0 Å². The van der Waals surface area contributed by atoms with Crippen LogP contribution in [0, 0.1) is 0 Å². The molecular formula is C18H32S2. The van der Waals surface area contributed by atoms with E-state index in [9.17, 15) is 0 Å². The zero-order chi connectivity index (χ0) is 15.2. The van der Waals surface area contributed by atoms with Crippen molar-refractivity contribution < 1.29 is 0 Å². The van der Waals surface area contributed by atoms with Crippen LogP contribution < -0.4 is 0 Å². The van der Waals surface area contributed by atoms with E-state index < -0.39 is 0 Å². The summed E-state index contributed by atoms with van der Waals surface area (Å²) >= 11 is 4.17. The summed E-state index contributed by atoms with van der Waals surface area (Å²) in [5, 5.41) is 0. The fourth-order valence-corrected chi connectivity index (χ4v) is 4.65. The molecule has 0 nitrogen and oxygen atoms in total. The molecule has 0 N–H and O–H groups in total. The maximum Gasteiger partial charge on any atom is 0.0195 e. The van der Waals surface area contributed by atoms with E-state index in [0.29, 0.717) is 11.3 Å². The van der Waals surface area contributed by atoms with E-state index in [-0.39, 0.29) is 0 Å². The lowest BCUT2D eigenvalue weighted by Crippen LogP contribution is -2.13. The van der Waals surface area contributed by atoms with Gasteiger partial charge in [-0.25, -0.2) is 0 Å². The summed E-state index contributed by atoms with van der Waals surface area (Å²) in [6.07, 6.45) is 5.29. The quantitative estimate of drug-likeness (QED) is 0.443. The van der Waals surface area contributed by atoms with Crippen molar-refractivity contribution >= 4 is 23.1 Å². The van der Waals surface area contributed by atoms with Gasteiger partial charge in [0.25, 0.3) is 0 Å². The Balaban J connectivity index is 2.73. The lowest BCUT2D eigenvalue weighted by atomic mass is 9.88. The average molecular weight is 313 g/mol. The predicted molar refractivity (Wildman–Crippen MR) is 97.4 cm³/mol. The molecule has 0 aliphatic heterocycles. The highest BCUT2D eigenvalue weighted by Crippen LogP contribution is 2.39. The van der Waals surface area contributed by atoms with Crippen molar-refractivity contribution in [1.29, 1.82) is 0 Å². The zero-order valence-corrected chi connectivity index (χ0v) is 15.8. The molecular weight excluding hydrogens is 280 g/mol. The molecule has 0 spiro atoms. The predicted octanol–water partition coefficient (Wildman–Crippen LogP) is 6.98. The minimum Gasteiger partial charge on any atom is -0.157 e. The Morgan fingerprint density at radius 2 is 1.90 bits per heavy atom. The van der Waals surface area contributed by atoms with Crippen LogP contribution in [0.3, 0.4) is 0 Å². The van der Waals surface area contributed by atoms with E-state index in [4.69, 9.17) is 0 Å². The molecule has 0 aliphatic carbocycles. The summed E-state index contributed by atoms with van der Waals surface area (Å²) in [6, 6.07) is 2.50. The first kappa shape index (κ1) is 18.1. The molecule has 0 aromatic carbocycles. The van der Waals surface area contributed by atoms with Crippen LogP contribution in [-0.2, 0) is 11.2 Å². The topological polar surface area (TPSA) is 0 Å². The van der Waals surface area contributed by atoms with Crippen molar-refractivity contribution in [3.8, 4) is 0 Å². The lowest BCUT2D eigenvalue weighted by Gasteiger charge is -2.20. The number of thioether (sulfide) groups is 1. The maximum atomic E-state index is 2.50. The minimum atomic E-state index is 0.333. The third kappa shape index (κ3) is 5.11. The molecule has 0 atom stereocenters.